The van der Waals surface area contributed by atoms with Gasteiger partial charge >= 0.3 is 11.9 Å². The minimum atomic E-state index is -2.11. The highest BCUT2D eigenvalue weighted by atomic mass is 16.4. The molecule has 0 spiro atoms. The van der Waals surface area contributed by atoms with E-state index in [-0.39, 0.29) is 63.5 Å². The van der Waals surface area contributed by atoms with Gasteiger partial charge in [-0.05, 0) is 101 Å². The van der Waals surface area contributed by atoms with Gasteiger partial charge in [0.1, 0.15) is 78.5 Å². The van der Waals surface area contributed by atoms with E-state index >= 15 is 0 Å². The van der Waals surface area contributed by atoms with Crippen molar-refractivity contribution in [2.24, 2.45) is 40.9 Å². The van der Waals surface area contributed by atoms with E-state index in [1.54, 1.807) is 79.7 Å². The number of hydrogen-bond donors (Lipinski definition) is 20. The van der Waals surface area contributed by atoms with Crippen molar-refractivity contribution in [2.75, 3.05) is 26.2 Å². The number of amides is 16. The molecule has 16 atom stereocenters. The Labute approximate surface area is 647 Å². The van der Waals surface area contributed by atoms with E-state index in [4.69, 9.17) is 17.2 Å². The first kappa shape index (κ1) is 93.5. The lowest BCUT2D eigenvalue weighted by Crippen LogP contribution is -2.62. The van der Waals surface area contributed by atoms with Gasteiger partial charge in [0.05, 0.1) is 38.1 Å². The van der Waals surface area contributed by atoms with E-state index in [1.807, 2.05) is 0 Å². The molecule has 622 valence electrons. The summed E-state index contributed by atoms with van der Waals surface area (Å²) >= 11 is 0. The lowest BCUT2D eigenvalue weighted by molar-refractivity contribution is -0.149. The zero-order valence-corrected chi connectivity index (χ0v) is 64.9. The van der Waals surface area contributed by atoms with Crippen LogP contribution in [-0.2, 0) is 92.7 Å². The second kappa shape index (κ2) is 44.2. The van der Waals surface area contributed by atoms with Crippen molar-refractivity contribution in [3.63, 3.8) is 0 Å². The fourth-order valence-corrected chi connectivity index (χ4v) is 12.6. The number of benzene rings is 1. The highest BCUT2D eigenvalue weighted by molar-refractivity contribution is 6.02. The number of H-pyrrole nitrogens is 1. The average Bonchev–Trinajstić information content (AvgIpc) is 1.59. The van der Waals surface area contributed by atoms with Crippen LogP contribution in [0.5, 0.6) is 0 Å². The first-order valence-electron chi connectivity index (χ1n) is 37.3. The number of para-hydroxylation sites is 1. The third-order valence-corrected chi connectivity index (χ3v) is 18.9. The van der Waals surface area contributed by atoms with Gasteiger partial charge in [0.25, 0.3) is 0 Å². The summed E-state index contributed by atoms with van der Waals surface area (Å²) in [7, 11) is 0. The van der Waals surface area contributed by atoms with Crippen molar-refractivity contribution in [2.45, 2.75) is 244 Å². The SMILES string of the molecule is CC[C@H](C)[C@H](NC(=O)[C@H](CC(C)C)NC(=O)[C@@H](NC(=O)[C@@H]1CCCN1C(=O)[C@@H]1CCCN1C(=O)[C@H](CO)NC(=O)[C@@H](NC(=O)[C@H](C)N)[C@@H](C)O)C(C)C)C(=O)N[C@@H](C)C(=O)N[C@@H](Cc1c[nH]c2ccccc12)C(=O)N[C@@H](CC(=O)O)C(=O)N[C@@H](CC(N)=O)C(=O)N[C@@H](CCC(N)=O)C(=O)NCC(=O)N[C@@H](CC(C)C)C(=O)O. The van der Waals surface area contributed by atoms with Crippen LogP contribution >= 0.6 is 0 Å². The monoisotopic (exact) mass is 1580 g/mol. The van der Waals surface area contributed by atoms with Crippen molar-refractivity contribution in [3.05, 3.63) is 36.0 Å². The van der Waals surface area contributed by atoms with Crippen LogP contribution in [0.1, 0.15) is 152 Å². The number of aliphatic hydroxyl groups excluding tert-OH is 2. The number of primary amides is 2. The molecule has 2 aliphatic rings. The van der Waals surface area contributed by atoms with Crippen molar-refractivity contribution < 1.29 is 107 Å². The van der Waals surface area contributed by atoms with Gasteiger partial charge in [-0.1, -0.05) is 80.0 Å². The highest BCUT2D eigenvalue weighted by Gasteiger charge is 2.46. The molecule has 40 heteroatoms. The second-order valence-corrected chi connectivity index (χ2v) is 29.5. The Morgan fingerprint density at radius 3 is 1.61 bits per heavy atom. The Kier molecular flexibility index (Phi) is 36.9. The van der Waals surface area contributed by atoms with E-state index in [2.05, 4.69) is 68.8 Å². The van der Waals surface area contributed by atoms with E-state index in [9.17, 15) is 107 Å². The maximum atomic E-state index is 14.6. The maximum absolute atomic E-state index is 14.6. The molecule has 0 aliphatic carbocycles. The number of aromatic amines is 1. The molecule has 2 fully saturated rings. The first-order chi connectivity index (χ1) is 52.5. The molecule has 2 saturated heterocycles. The maximum Gasteiger partial charge on any atom is 0.326 e. The fraction of sp³-hybridized carbons (Fsp3) is 0.639. The van der Waals surface area contributed by atoms with Crippen LogP contribution < -0.4 is 81.0 Å². The van der Waals surface area contributed by atoms with Gasteiger partial charge < -0.3 is 116 Å². The second-order valence-electron chi connectivity index (χ2n) is 29.5. The minimum absolute atomic E-state index is 0.000672. The molecular formula is C72H112N18O22. The largest absolute Gasteiger partial charge is 0.481 e. The number of carboxylic acids is 2. The quantitative estimate of drug-likeness (QED) is 0.0294. The summed E-state index contributed by atoms with van der Waals surface area (Å²) in [5, 5.41) is 69.8. The number of hydrogen-bond acceptors (Lipinski definition) is 21. The van der Waals surface area contributed by atoms with Crippen LogP contribution in [0.4, 0.5) is 0 Å². The van der Waals surface area contributed by atoms with Gasteiger partial charge in [-0.2, -0.15) is 0 Å². The van der Waals surface area contributed by atoms with Crippen molar-refractivity contribution >= 4 is 117 Å². The fourth-order valence-electron chi connectivity index (χ4n) is 12.6. The van der Waals surface area contributed by atoms with E-state index < -0.39 is 248 Å². The van der Waals surface area contributed by atoms with E-state index in [0.717, 1.165) is 0 Å². The number of aliphatic hydroxyl groups is 2. The molecule has 1 aromatic carbocycles. The van der Waals surface area contributed by atoms with Crippen molar-refractivity contribution in [1.29, 1.82) is 0 Å². The number of nitrogens with one attached hydrogen (secondary N) is 13. The number of rotatable bonds is 45. The Bertz CT molecular complexity index is 3730. The molecule has 0 bridgehead atoms. The van der Waals surface area contributed by atoms with E-state index in [1.165, 1.54) is 36.8 Å². The number of carboxylic acid groups (broad SMARTS) is 2. The van der Waals surface area contributed by atoms with Crippen LogP contribution in [-0.4, -0.2) is 259 Å². The minimum Gasteiger partial charge on any atom is -0.481 e. The molecule has 23 N–H and O–H groups in total. The number of aliphatic carboxylic acids is 2. The highest BCUT2D eigenvalue weighted by Crippen LogP contribution is 2.27. The Morgan fingerprint density at radius 1 is 0.536 bits per heavy atom. The van der Waals surface area contributed by atoms with Crippen molar-refractivity contribution in [1.82, 2.24) is 78.6 Å². The number of carbonyl (C=O) groups excluding carboxylic acids is 16. The number of fused-ring (bicyclic) bond motifs is 1. The third kappa shape index (κ3) is 28.4. The molecule has 40 nitrogen and oxygen atoms in total. The summed E-state index contributed by atoms with van der Waals surface area (Å²) in [6.45, 7) is 15.7. The summed E-state index contributed by atoms with van der Waals surface area (Å²) in [6, 6.07) is -14.2. The number of carbonyl (C=O) groups is 18. The topological polar surface area (TPSA) is 633 Å². The van der Waals surface area contributed by atoms with Crippen LogP contribution in [0, 0.1) is 23.7 Å². The van der Waals surface area contributed by atoms with Crippen molar-refractivity contribution in [3.8, 4) is 0 Å². The summed E-state index contributed by atoms with van der Waals surface area (Å²) in [4.78, 5) is 249. The predicted octanol–water partition coefficient (Wildman–Crippen LogP) is -5.62. The Hall–Kier alpha value is -10.9. The predicted molar refractivity (Wildman–Crippen MR) is 399 cm³/mol. The van der Waals surface area contributed by atoms with Crippen LogP contribution in [0.15, 0.2) is 30.5 Å². The number of nitrogens with zero attached hydrogens (tertiary/aromatic N) is 2. The standard InChI is InChI=1S/C72H112N18O22/c1-12-36(8)57(87-65(104)44(25-33(2)3)84-67(106)56(35(6)7)86-66(105)50-19-15-23-89(50)71(110)51-20-16-24-90(51)70(109)49(32-91)85-69(108)58(39(11)92)88-59(98)37(9)73)68(107)78-38(10)60(99)81-45(27-40-30-76-42-18-14-13-17-41(40)42)62(101)83-47(29-55(96)97)64(103)82-46(28-53(75)94)63(102)80-43(21-22-52(74)93)61(100)77-31-54(95)79-48(72(111)112)26-34(4)5/h13-14,17-18,30,33-39,43-51,56-58,76,91-92H,12,15-16,19-29,31-32,73H2,1-11H3,(H2,74,93)(H2,75,94)(H,77,100)(H,78,107)(H,79,95)(H,80,102)(H,81,99)(H,82,103)(H,83,101)(H,84,106)(H,85,108)(H,86,105)(H,87,104)(H,88,98)(H,96,97)(H,111,112)/t36-,37-,38-,39+,43-,44-,45-,46-,47-,48-,49-,50-,51-,56-,57-,58-/m0/s1. The smallest absolute Gasteiger partial charge is 0.326 e. The zero-order valence-electron chi connectivity index (χ0n) is 64.9. The molecular weight excluding hydrogens is 1470 g/mol. The molecule has 16 amide bonds. The zero-order chi connectivity index (χ0) is 84.3. The summed E-state index contributed by atoms with van der Waals surface area (Å²) < 4.78 is 0. The van der Waals surface area contributed by atoms with Gasteiger partial charge in [0, 0.05) is 43.0 Å². The number of nitrogens with two attached hydrogens (primary N) is 3. The molecule has 2 aliphatic heterocycles. The van der Waals surface area contributed by atoms with Crippen LogP contribution in [0.3, 0.4) is 0 Å². The van der Waals surface area contributed by atoms with Gasteiger partial charge in [-0.15, -0.1) is 0 Å². The molecule has 4 rings (SSSR count). The number of aromatic nitrogens is 1. The van der Waals surface area contributed by atoms with Gasteiger partial charge in [0.15, 0.2) is 0 Å². The Morgan fingerprint density at radius 2 is 1.05 bits per heavy atom. The molecule has 1 aromatic heterocycles. The average molecular weight is 1580 g/mol. The van der Waals surface area contributed by atoms with Gasteiger partial charge in [0.2, 0.25) is 94.5 Å². The molecule has 3 heterocycles. The van der Waals surface area contributed by atoms with Crippen LogP contribution in [0.2, 0.25) is 0 Å². The molecule has 0 saturated carbocycles. The molecule has 0 radical (unpaired) electrons. The third-order valence-electron chi connectivity index (χ3n) is 18.9. The lowest BCUT2D eigenvalue weighted by Gasteiger charge is -2.34. The van der Waals surface area contributed by atoms with Gasteiger partial charge in [-0.25, -0.2) is 4.79 Å². The summed E-state index contributed by atoms with van der Waals surface area (Å²) in [5.74, 6) is -20.5. The first-order valence-corrected chi connectivity index (χ1v) is 37.3. The lowest BCUT2D eigenvalue weighted by atomic mass is 9.96. The molecule has 2 aromatic rings. The normalized spacial score (nSPS) is 17.8. The van der Waals surface area contributed by atoms with Crippen LogP contribution in [0.25, 0.3) is 10.9 Å². The molecule has 0 unspecified atom stereocenters. The number of likely N-dealkylation sites (tertiary alicyclic amines) is 2. The summed E-state index contributed by atoms with van der Waals surface area (Å²) in [5.41, 5.74) is 17.4. The van der Waals surface area contributed by atoms with Gasteiger partial charge in [-0.3, -0.25) is 81.5 Å². The summed E-state index contributed by atoms with van der Waals surface area (Å²) in [6.07, 6.45) is -2.28. The molecule has 112 heavy (non-hydrogen) atoms. The Balaban J connectivity index is 1.53. The van der Waals surface area contributed by atoms with E-state index in [0.29, 0.717) is 29.3 Å².